The van der Waals surface area contributed by atoms with Gasteiger partial charge in [0.15, 0.2) is 0 Å². The van der Waals surface area contributed by atoms with Crippen LogP contribution in [0.4, 0.5) is 0 Å². The molecule has 0 radical (unpaired) electrons. The van der Waals surface area contributed by atoms with Crippen molar-refractivity contribution in [3.05, 3.63) is 0 Å². The van der Waals surface area contributed by atoms with E-state index in [0.717, 1.165) is 11.8 Å². The highest BCUT2D eigenvalue weighted by molar-refractivity contribution is 5.10. The van der Waals surface area contributed by atoms with Crippen molar-refractivity contribution in [3.8, 4) is 0 Å². The fourth-order valence-corrected chi connectivity index (χ4v) is 2.93. The molecular weight excluding hydrogens is 160 g/mol. The first kappa shape index (κ1) is 9.51. The Morgan fingerprint density at radius 1 is 1.38 bits per heavy atom. The van der Waals surface area contributed by atoms with Crippen LogP contribution in [0.15, 0.2) is 0 Å². The average molecular weight is 182 g/mol. The molecule has 0 saturated heterocycles. The van der Waals surface area contributed by atoms with Crippen LogP contribution < -0.4 is 0 Å². The van der Waals surface area contributed by atoms with Crippen molar-refractivity contribution in [2.24, 2.45) is 22.7 Å². The zero-order valence-corrected chi connectivity index (χ0v) is 9.14. The lowest BCUT2D eigenvalue weighted by molar-refractivity contribution is 0.150. The van der Waals surface area contributed by atoms with E-state index in [0.29, 0.717) is 12.0 Å². The molecule has 0 aliphatic heterocycles. The summed E-state index contributed by atoms with van der Waals surface area (Å²) in [5.74, 6) is 1.83. The van der Waals surface area contributed by atoms with Crippen LogP contribution in [0.1, 0.15) is 46.5 Å². The summed E-state index contributed by atoms with van der Waals surface area (Å²) in [6.07, 6.45) is 5.35. The van der Waals surface area contributed by atoms with E-state index in [2.05, 4.69) is 20.8 Å². The predicted molar refractivity (Wildman–Crippen MR) is 54.4 cm³/mol. The molecule has 2 rings (SSSR count). The topological polar surface area (TPSA) is 20.2 Å². The molecule has 0 aromatic carbocycles. The van der Waals surface area contributed by atoms with Gasteiger partial charge in [-0.2, -0.15) is 0 Å². The first-order chi connectivity index (χ1) is 6.01. The standard InChI is InChI=1S/C12H22O/c1-9(10-4-5-10)6-12(8-13)7-11(12,2)3/h9-10,13H,4-8H2,1-3H3. The second kappa shape index (κ2) is 2.73. The van der Waals surface area contributed by atoms with Crippen molar-refractivity contribution < 1.29 is 5.11 Å². The van der Waals surface area contributed by atoms with Gasteiger partial charge >= 0.3 is 0 Å². The van der Waals surface area contributed by atoms with Crippen LogP contribution in [0.25, 0.3) is 0 Å². The van der Waals surface area contributed by atoms with Gasteiger partial charge in [0, 0.05) is 6.61 Å². The fraction of sp³-hybridized carbons (Fsp3) is 1.00. The molecule has 2 saturated carbocycles. The van der Waals surface area contributed by atoms with Crippen molar-refractivity contribution in [2.45, 2.75) is 46.5 Å². The fourth-order valence-electron chi connectivity index (χ4n) is 2.93. The number of aliphatic hydroxyl groups excluding tert-OH is 1. The third-order valence-corrected chi connectivity index (χ3v) is 4.53. The van der Waals surface area contributed by atoms with Crippen LogP contribution in [0.5, 0.6) is 0 Å². The number of aliphatic hydroxyl groups is 1. The second-order valence-electron chi connectivity index (χ2n) is 6.02. The van der Waals surface area contributed by atoms with E-state index in [4.69, 9.17) is 0 Å². The summed E-state index contributed by atoms with van der Waals surface area (Å²) < 4.78 is 0. The quantitative estimate of drug-likeness (QED) is 0.709. The molecule has 0 aromatic rings. The van der Waals surface area contributed by atoms with E-state index in [1.807, 2.05) is 0 Å². The highest BCUT2D eigenvalue weighted by Gasteiger charge is 2.61. The largest absolute Gasteiger partial charge is 0.396 e. The Hall–Kier alpha value is -0.0400. The SMILES string of the molecule is CC(CC1(CO)CC1(C)C)C1CC1. The summed E-state index contributed by atoms with van der Waals surface area (Å²) in [5.41, 5.74) is 0.694. The minimum atomic E-state index is 0.287. The van der Waals surface area contributed by atoms with Gasteiger partial charge in [0.05, 0.1) is 0 Å². The molecule has 2 atom stereocenters. The Kier molecular flexibility index (Phi) is 1.99. The molecule has 0 spiro atoms. The molecule has 13 heavy (non-hydrogen) atoms. The molecule has 2 fully saturated rings. The molecule has 1 heteroatoms. The third kappa shape index (κ3) is 1.52. The normalized spacial score (nSPS) is 38.8. The van der Waals surface area contributed by atoms with Crippen LogP contribution >= 0.6 is 0 Å². The Labute approximate surface area is 81.5 Å². The van der Waals surface area contributed by atoms with E-state index < -0.39 is 0 Å². The Balaban J connectivity index is 1.92. The van der Waals surface area contributed by atoms with Gasteiger partial charge in [0.25, 0.3) is 0 Å². The van der Waals surface area contributed by atoms with Crippen molar-refractivity contribution >= 4 is 0 Å². The molecule has 0 aromatic heterocycles. The smallest absolute Gasteiger partial charge is 0.0492 e. The summed E-state index contributed by atoms with van der Waals surface area (Å²) in [4.78, 5) is 0. The van der Waals surface area contributed by atoms with Gasteiger partial charge in [0.1, 0.15) is 0 Å². The van der Waals surface area contributed by atoms with Gasteiger partial charge in [-0.1, -0.05) is 20.8 Å². The Morgan fingerprint density at radius 2 is 1.92 bits per heavy atom. The van der Waals surface area contributed by atoms with Crippen molar-refractivity contribution in [1.82, 2.24) is 0 Å². The lowest BCUT2D eigenvalue weighted by Crippen LogP contribution is -2.18. The van der Waals surface area contributed by atoms with Crippen LogP contribution in [-0.2, 0) is 0 Å². The van der Waals surface area contributed by atoms with Gasteiger partial charge in [-0.05, 0) is 48.3 Å². The highest BCUT2D eigenvalue weighted by atomic mass is 16.3. The number of hydrogen-bond acceptors (Lipinski definition) is 1. The molecule has 2 aliphatic carbocycles. The zero-order chi connectivity index (χ0) is 9.69. The van der Waals surface area contributed by atoms with Crippen molar-refractivity contribution in [2.75, 3.05) is 6.61 Å². The van der Waals surface area contributed by atoms with Crippen LogP contribution in [0.3, 0.4) is 0 Å². The molecule has 0 bridgehead atoms. The van der Waals surface area contributed by atoms with E-state index in [1.165, 1.54) is 25.7 Å². The summed E-state index contributed by atoms with van der Waals surface area (Å²) >= 11 is 0. The number of hydrogen-bond donors (Lipinski definition) is 1. The van der Waals surface area contributed by atoms with Crippen LogP contribution in [0.2, 0.25) is 0 Å². The number of rotatable bonds is 4. The van der Waals surface area contributed by atoms with E-state index >= 15 is 0 Å². The minimum Gasteiger partial charge on any atom is -0.396 e. The molecule has 1 N–H and O–H groups in total. The second-order valence-corrected chi connectivity index (χ2v) is 6.02. The maximum Gasteiger partial charge on any atom is 0.0492 e. The maximum atomic E-state index is 9.44. The van der Waals surface area contributed by atoms with Gasteiger partial charge < -0.3 is 5.11 Å². The van der Waals surface area contributed by atoms with E-state index in [9.17, 15) is 5.11 Å². The molecule has 1 nitrogen and oxygen atoms in total. The molecule has 2 unspecified atom stereocenters. The predicted octanol–water partition coefficient (Wildman–Crippen LogP) is 2.83. The lowest BCUT2D eigenvalue weighted by Gasteiger charge is -2.22. The summed E-state index contributed by atoms with van der Waals surface area (Å²) in [6, 6.07) is 0. The van der Waals surface area contributed by atoms with Crippen LogP contribution in [0, 0.1) is 22.7 Å². The molecule has 2 aliphatic rings. The Bertz CT molecular complexity index is 205. The molecule has 0 amide bonds. The molecular formula is C12H22O. The average Bonchev–Trinajstić information content (AvgIpc) is 2.88. The van der Waals surface area contributed by atoms with Crippen molar-refractivity contribution in [3.63, 3.8) is 0 Å². The lowest BCUT2D eigenvalue weighted by atomic mass is 9.85. The highest BCUT2D eigenvalue weighted by Crippen LogP contribution is 2.67. The maximum absolute atomic E-state index is 9.44. The summed E-state index contributed by atoms with van der Waals surface area (Å²) in [5, 5.41) is 9.44. The first-order valence-corrected chi connectivity index (χ1v) is 5.62. The monoisotopic (exact) mass is 182 g/mol. The summed E-state index contributed by atoms with van der Waals surface area (Å²) in [6.45, 7) is 7.35. The molecule has 0 heterocycles. The zero-order valence-electron chi connectivity index (χ0n) is 9.14. The third-order valence-electron chi connectivity index (χ3n) is 4.53. The van der Waals surface area contributed by atoms with Gasteiger partial charge in [0.2, 0.25) is 0 Å². The first-order valence-electron chi connectivity index (χ1n) is 5.62. The minimum absolute atomic E-state index is 0.287. The Morgan fingerprint density at radius 3 is 2.23 bits per heavy atom. The van der Waals surface area contributed by atoms with E-state index in [1.54, 1.807) is 0 Å². The summed E-state index contributed by atoms with van der Waals surface area (Å²) in [7, 11) is 0. The molecule has 76 valence electrons. The van der Waals surface area contributed by atoms with E-state index in [-0.39, 0.29) is 5.41 Å². The van der Waals surface area contributed by atoms with Gasteiger partial charge in [-0.3, -0.25) is 0 Å². The van der Waals surface area contributed by atoms with Crippen molar-refractivity contribution in [1.29, 1.82) is 0 Å². The van der Waals surface area contributed by atoms with Gasteiger partial charge in [-0.15, -0.1) is 0 Å². The van der Waals surface area contributed by atoms with Crippen LogP contribution in [-0.4, -0.2) is 11.7 Å². The van der Waals surface area contributed by atoms with Gasteiger partial charge in [-0.25, -0.2) is 0 Å².